The van der Waals surface area contributed by atoms with E-state index < -0.39 is 11.9 Å². The van der Waals surface area contributed by atoms with Crippen LogP contribution in [0.2, 0.25) is 0 Å². The molecule has 9 heteroatoms. The van der Waals surface area contributed by atoms with Crippen molar-refractivity contribution in [1.82, 2.24) is 5.16 Å². The Bertz CT molecular complexity index is 1420. The first-order valence-corrected chi connectivity index (χ1v) is 12.9. The molecule has 1 heterocycles. The highest BCUT2D eigenvalue weighted by molar-refractivity contribution is 7.99. The topological polar surface area (TPSA) is 81.9 Å². The van der Waals surface area contributed by atoms with E-state index in [0.717, 1.165) is 20.3 Å². The van der Waals surface area contributed by atoms with Gasteiger partial charge in [0.15, 0.2) is 5.76 Å². The number of rotatable bonds is 9. The van der Waals surface area contributed by atoms with Crippen molar-refractivity contribution < 1.29 is 28.0 Å². The fraction of sp³-hybridized carbons (Fsp3) is 0.207. The van der Waals surface area contributed by atoms with Crippen LogP contribution < -0.4 is 4.90 Å². The zero-order valence-electron chi connectivity index (χ0n) is 21.3. The fourth-order valence-electron chi connectivity index (χ4n) is 3.86. The molecule has 1 aromatic heterocycles. The fourth-order valence-corrected chi connectivity index (χ4v) is 4.76. The lowest BCUT2D eigenvalue weighted by atomic mass is 10.1. The molecule has 0 aliphatic rings. The minimum Gasteiger partial charge on any atom is -0.466 e. The van der Waals surface area contributed by atoms with Gasteiger partial charge in [0.05, 0.1) is 25.3 Å². The predicted molar refractivity (Wildman–Crippen MR) is 143 cm³/mol. The highest BCUT2D eigenvalue weighted by Crippen LogP contribution is 2.40. The van der Waals surface area contributed by atoms with E-state index in [0.29, 0.717) is 29.3 Å². The largest absolute Gasteiger partial charge is 0.466 e. The zero-order chi connectivity index (χ0) is 27.1. The molecule has 0 aliphatic heterocycles. The summed E-state index contributed by atoms with van der Waals surface area (Å²) in [6, 6.07) is 21.2. The Labute approximate surface area is 224 Å². The van der Waals surface area contributed by atoms with Crippen molar-refractivity contribution >= 4 is 35.2 Å². The van der Waals surface area contributed by atoms with Crippen molar-refractivity contribution in [2.75, 3.05) is 18.1 Å². The van der Waals surface area contributed by atoms with Crippen molar-refractivity contribution in [3.05, 3.63) is 89.9 Å². The van der Waals surface area contributed by atoms with E-state index in [9.17, 15) is 14.0 Å². The van der Waals surface area contributed by atoms with Crippen molar-refractivity contribution in [2.24, 2.45) is 0 Å². The van der Waals surface area contributed by atoms with Gasteiger partial charge >= 0.3 is 12.1 Å². The van der Waals surface area contributed by atoms with E-state index in [4.69, 9.17) is 14.0 Å². The number of halogens is 1. The lowest BCUT2D eigenvalue weighted by Crippen LogP contribution is -2.28. The molecule has 38 heavy (non-hydrogen) atoms. The van der Waals surface area contributed by atoms with Gasteiger partial charge < -0.3 is 14.0 Å². The number of ether oxygens (including phenoxy) is 2. The number of aromatic nitrogens is 1. The predicted octanol–water partition coefficient (Wildman–Crippen LogP) is 7.34. The molecule has 4 aromatic rings. The lowest BCUT2D eigenvalue weighted by Gasteiger charge is -2.22. The Morgan fingerprint density at radius 3 is 2.39 bits per heavy atom. The monoisotopic (exact) mass is 534 g/mol. The molecule has 0 saturated carbocycles. The molecule has 7 nitrogen and oxygen atoms in total. The second-order valence-electron chi connectivity index (χ2n) is 8.19. The third kappa shape index (κ3) is 6.23. The zero-order valence-corrected chi connectivity index (χ0v) is 22.1. The lowest BCUT2D eigenvalue weighted by molar-refractivity contribution is -0.142. The Hall–Kier alpha value is -4.11. The summed E-state index contributed by atoms with van der Waals surface area (Å²) < 4.78 is 30.6. The standard InChI is InChI=1S/C29H27FN2O5S/c1-4-35-26(33)18-20-9-8-10-23(17-20)38-22-15-13-21(14-16-22)28-27(19(3)31-37-28)32(29(34)36-5-2)25-12-7-6-11-24(25)30/h6-17H,4-5,18H2,1-3H3. The third-order valence-corrected chi connectivity index (χ3v) is 6.50. The number of para-hydroxylation sites is 1. The number of carbonyl (C=O) groups is 2. The molecule has 0 N–H and O–H groups in total. The molecule has 1 amide bonds. The molecular formula is C29H27FN2O5S. The van der Waals surface area contributed by atoms with Crippen molar-refractivity contribution in [1.29, 1.82) is 0 Å². The molecule has 196 valence electrons. The van der Waals surface area contributed by atoms with Gasteiger partial charge in [0.2, 0.25) is 0 Å². The first-order chi connectivity index (χ1) is 18.4. The van der Waals surface area contributed by atoms with E-state index in [1.807, 2.05) is 48.5 Å². The SMILES string of the molecule is CCOC(=O)Cc1cccc(Sc2ccc(-c3onc(C)c3N(C(=O)OCC)c3ccccc3F)cc2)c1. The van der Waals surface area contributed by atoms with E-state index in [1.165, 1.54) is 23.9 Å². The summed E-state index contributed by atoms with van der Waals surface area (Å²) in [6.07, 6.45) is -0.520. The van der Waals surface area contributed by atoms with Gasteiger partial charge in [-0.1, -0.05) is 41.2 Å². The van der Waals surface area contributed by atoms with Crippen molar-refractivity contribution in [2.45, 2.75) is 37.0 Å². The summed E-state index contributed by atoms with van der Waals surface area (Å²) >= 11 is 1.54. The van der Waals surface area contributed by atoms with E-state index in [1.54, 1.807) is 32.9 Å². The van der Waals surface area contributed by atoms with Crippen molar-refractivity contribution in [3.8, 4) is 11.3 Å². The Balaban J connectivity index is 1.61. The summed E-state index contributed by atoms with van der Waals surface area (Å²) in [6.45, 7) is 5.62. The summed E-state index contributed by atoms with van der Waals surface area (Å²) in [5.41, 5.74) is 2.29. The van der Waals surface area contributed by atoms with Gasteiger partial charge in [-0.25, -0.2) is 14.1 Å². The Morgan fingerprint density at radius 2 is 1.68 bits per heavy atom. The highest BCUT2D eigenvalue weighted by Gasteiger charge is 2.30. The highest BCUT2D eigenvalue weighted by atomic mass is 32.2. The van der Waals surface area contributed by atoms with Crippen LogP contribution >= 0.6 is 11.8 Å². The Kier molecular flexibility index (Phi) is 8.81. The van der Waals surface area contributed by atoms with Crippen LogP contribution in [0.5, 0.6) is 0 Å². The number of nitrogens with zero attached hydrogens (tertiary/aromatic N) is 2. The number of hydrogen-bond donors (Lipinski definition) is 0. The summed E-state index contributed by atoms with van der Waals surface area (Å²) in [5, 5.41) is 4.06. The number of aryl methyl sites for hydroxylation is 1. The van der Waals surface area contributed by atoms with Crippen LogP contribution in [0.15, 0.2) is 87.1 Å². The quantitative estimate of drug-likeness (QED) is 0.208. The second kappa shape index (κ2) is 12.4. The van der Waals surface area contributed by atoms with Gasteiger partial charge in [0.1, 0.15) is 17.2 Å². The molecule has 0 fully saturated rings. The molecule has 4 rings (SSSR count). The summed E-state index contributed by atoms with van der Waals surface area (Å²) in [5.74, 6) is -0.528. The van der Waals surface area contributed by atoms with Gasteiger partial charge in [-0.3, -0.25) is 4.79 Å². The van der Waals surface area contributed by atoms with Crippen LogP contribution in [0.1, 0.15) is 25.1 Å². The van der Waals surface area contributed by atoms with Crippen LogP contribution in [0, 0.1) is 12.7 Å². The molecule has 0 saturated heterocycles. The molecule has 0 spiro atoms. The van der Waals surface area contributed by atoms with Crippen LogP contribution in [0.25, 0.3) is 11.3 Å². The van der Waals surface area contributed by atoms with Gasteiger partial charge in [0, 0.05) is 15.4 Å². The minimum atomic E-state index is -0.736. The average molecular weight is 535 g/mol. The summed E-state index contributed by atoms with van der Waals surface area (Å²) in [7, 11) is 0. The molecule has 0 radical (unpaired) electrons. The maximum atomic E-state index is 14.8. The molecule has 0 aliphatic carbocycles. The van der Waals surface area contributed by atoms with Gasteiger partial charge in [-0.2, -0.15) is 0 Å². The number of carbonyl (C=O) groups excluding carboxylic acids is 2. The van der Waals surface area contributed by atoms with Crippen molar-refractivity contribution in [3.63, 3.8) is 0 Å². The van der Waals surface area contributed by atoms with Gasteiger partial charge in [-0.05, 0) is 74.9 Å². The minimum absolute atomic E-state index is 0.0355. The molecule has 0 unspecified atom stereocenters. The molecule has 3 aromatic carbocycles. The number of amides is 1. The molecule has 0 bridgehead atoms. The summed E-state index contributed by atoms with van der Waals surface area (Å²) in [4.78, 5) is 27.9. The van der Waals surface area contributed by atoms with Crippen LogP contribution in [-0.4, -0.2) is 30.4 Å². The van der Waals surface area contributed by atoms with Crippen LogP contribution in [0.3, 0.4) is 0 Å². The van der Waals surface area contributed by atoms with E-state index >= 15 is 0 Å². The second-order valence-corrected chi connectivity index (χ2v) is 9.33. The van der Waals surface area contributed by atoms with E-state index in [-0.39, 0.29) is 24.7 Å². The molecule has 0 atom stereocenters. The maximum absolute atomic E-state index is 14.8. The third-order valence-electron chi connectivity index (χ3n) is 5.50. The van der Waals surface area contributed by atoms with Crippen LogP contribution in [0.4, 0.5) is 20.6 Å². The first-order valence-electron chi connectivity index (χ1n) is 12.1. The smallest absolute Gasteiger partial charge is 0.419 e. The first kappa shape index (κ1) is 26.9. The normalized spacial score (nSPS) is 10.7. The number of hydrogen-bond acceptors (Lipinski definition) is 7. The van der Waals surface area contributed by atoms with E-state index in [2.05, 4.69) is 5.16 Å². The van der Waals surface area contributed by atoms with Crippen LogP contribution in [-0.2, 0) is 20.7 Å². The van der Waals surface area contributed by atoms with Gasteiger partial charge in [0.25, 0.3) is 0 Å². The van der Waals surface area contributed by atoms with Gasteiger partial charge in [-0.15, -0.1) is 0 Å². The number of benzene rings is 3. The average Bonchev–Trinajstić information content (AvgIpc) is 3.27. The molecular weight excluding hydrogens is 507 g/mol. The maximum Gasteiger partial charge on any atom is 0.419 e. The number of esters is 1. The Morgan fingerprint density at radius 1 is 0.947 bits per heavy atom. The number of anilines is 2.